The molecule has 2 N–H and O–H groups in total. The van der Waals surface area contributed by atoms with Crippen molar-refractivity contribution in [1.82, 2.24) is 0 Å². The van der Waals surface area contributed by atoms with E-state index in [9.17, 15) is 0 Å². The Kier molecular flexibility index (Phi) is 1.52. The molecule has 3 heteroatoms. The van der Waals surface area contributed by atoms with E-state index in [0.29, 0.717) is 11.1 Å². The third-order valence-corrected chi connectivity index (χ3v) is 1.81. The van der Waals surface area contributed by atoms with Gasteiger partial charge in [-0.2, -0.15) is 0 Å². The third kappa shape index (κ3) is 0.950. The van der Waals surface area contributed by atoms with Gasteiger partial charge in [0.1, 0.15) is 11.3 Å². The first-order valence-corrected chi connectivity index (χ1v) is 3.61. The van der Waals surface area contributed by atoms with Gasteiger partial charge < -0.3 is 14.6 Å². The summed E-state index contributed by atoms with van der Waals surface area (Å²) in [5.41, 5.74) is 1.37. The minimum atomic E-state index is -0.0730. The maximum absolute atomic E-state index is 9.15. The normalized spacial score (nSPS) is 10.8. The Hall–Kier alpha value is -1.48. The van der Waals surface area contributed by atoms with Crippen molar-refractivity contribution in [1.29, 1.82) is 0 Å². The molecule has 12 heavy (non-hydrogen) atoms. The standard InChI is InChI=1S/C9H8O3/c10-4-6-5-12-9-2-1-7(11)3-8(6)9/h1-3,5,10-11H,4H2. The maximum Gasteiger partial charge on any atom is 0.134 e. The molecule has 2 rings (SSSR count). The van der Waals surface area contributed by atoms with Gasteiger partial charge in [0.2, 0.25) is 0 Å². The molecule has 0 atom stereocenters. The van der Waals surface area contributed by atoms with Crippen LogP contribution in [-0.4, -0.2) is 10.2 Å². The van der Waals surface area contributed by atoms with Crippen molar-refractivity contribution in [3.63, 3.8) is 0 Å². The fourth-order valence-electron chi connectivity index (χ4n) is 1.19. The fourth-order valence-corrected chi connectivity index (χ4v) is 1.19. The van der Waals surface area contributed by atoms with Crippen molar-refractivity contribution in [2.45, 2.75) is 6.61 Å². The van der Waals surface area contributed by atoms with Crippen molar-refractivity contribution in [2.24, 2.45) is 0 Å². The predicted molar refractivity (Wildman–Crippen MR) is 43.8 cm³/mol. The molecule has 0 aliphatic rings. The first kappa shape index (κ1) is 7.18. The van der Waals surface area contributed by atoms with Gasteiger partial charge in [-0.05, 0) is 18.2 Å². The molecular formula is C9H8O3. The number of aliphatic hydroxyl groups excluding tert-OH is 1. The van der Waals surface area contributed by atoms with Crippen LogP contribution in [0.3, 0.4) is 0 Å². The first-order chi connectivity index (χ1) is 5.81. The van der Waals surface area contributed by atoms with E-state index in [4.69, 9.17) is 14.6 Å². The van der Waals surface area contributed by atoms with Crippen molar-refractivity contribution in [3.8, 4) is 5.75 Å². The number of rotatable bonds is 1. The van der Waals surface area contributed by atoms with Crippen molar-refractivity contribution in [2.75, 3.05) is 0 Å². The molecule has 1 aromatic heterocycles. The van der Waals surface area contributed by atoms with E-state index in [1.54, 1.807) is 18.2 Å². The molecule has 3 nitrogen and oxygen atoms in total. The summed E-state index contributed by atoms with van der Waals surface area (Å²) in [7, 11) is 0. The Bertz CT molecular complexity index is 403. The number of aliphatic hydroxyl groups is 1. The van der Waals surface area contributed by atoms with Gasteiger partial charge in [0.25, 0.3) is 0 Å². The van der Waals surface area contributed by atoms with E-state index >= 15 is 0 Å². The summed E-state index contributed by atoms with van der Waals surface area (Å²) in [6.07, 6.45) is 1.49. The summed E-state index contributed by atoms with van der Waals surface area (Å²) >= 11 is 0. The summed E-state index contributed by atoms with van der Waals surface area (Å²) in [5.74, 6) is 0.179. The van der Waals surface area contributed by atoms with Crippen LogP contribution in [0.25, 0.3) is 11.0 Å². The van der Waals surface area contributed by atoms with Gasteiger partial charge >= 0.3 is 0 Å². The number of phenolic OH excluding ortho intramolecular Hbond substituents is 1. The molecule has 0 spiro atoms. The zero-order valence-corrected chi connectivity index (χ0v) is 6.32. The van der Waals surface area contributed by atoms with Gasteiger partial charge in [0, 0.05) is 10.9 Å². The lowest BCUT2D eigenvalue weighted by molar-refractivity contribution is 0.281. The van der Waals surface area contributed by atoms with Crippen LogP contribution in [0.1, 0.15) is 5.56 Å². The first-order valence-electron chi connectivity index (χ1n) is 3.61. The molecule has 0 saturated heterocycles. The van der Waals surface area contributed by atoms with Gasteiger partial charge in [-0.3, -0.25) is 0 Å². The lowest BCUT2D eigenvalue weighted by atomic mass is 10.2. The molecule has 62 valence electrons. The second-order valence-electron chi connectivity index (χ2n) is 2.60. The molecule has 0 saturated carbocycles. The molecular weight excluding hydrogens is 156 g/mol. The van der Waals surface area contributed by atoms with Crippen LogP contribution in [-0.2, 0) is 6.61 Å². The number of furan rings is 1. The quantitative estimate of drug-likeness (QED) is 0.673. The molecule has 1 heterocycles. The summed E-state index contributed by atoms with van der Waals surface area (Å²) in [4.78, 5) is 0. The van der Waals surface area contributed by atoms with Gasteiger partial charge in [0.05, 0.1) is 12.9 Å². The number of phenols is 1. The molecule has 0 unspecified atom stereocenters. The van der Waals surface area contributed by atoms with Gasteiger partial charge in [-0.25, -0.2) is 0 Å². The zero-order chi connectivity index (χ0) is 8.55. The minimum absolute atomic E-state index is 0.0730. The van der Waals surface area contributed by atoms with Crippen LogP contribution in [0.4, 0.5) is 0 Å². The lowest BCUT2D eigenvalue weighted by Gasteiger charge is -1.92. The van der Waals surface area contributed by atoms with E-state index < -0.39 is 0 Å². The van der Waals surface area contributed by atoms with E-state index in [-0.39, 0.29) is 12.4 Å². The molecule has 0 amide bonds. The van der Waals surface area contributed by atoms with Crippen molar-refractivity contribution < 1.29 is 14.6 Å². The minimum Gasteiger partial charge on any atom is -0.508 e. The van der Waals surface area contributed by atoms with E-state index in [1.165, 1.54) is 6.26 Å². The fraction of sp³-hybridized carbons (Fsp3) is 0.111. The van der Waals surface area contributed by atoms with Crippen LogP contribution >= 0.6 is 0 Å². The Balaban J connectivity index is 2.75. The molecule has 2 aromatic rings. The SMILES string of the molecule is OCc1coc2ccc(O)cc12. The number of fused-ring (bicyclic) bond motifs is 1. The molecule has 0 radical (unpaired) electrons. The summed E-state index contributed by atoms with van der Waals surface area (Å²) in [6.45, 7) is -0.0730. The van der Waals surface area contributed by atoms with Crippen molar-refractivity contribution >= 4 is 11.0 Å². The van der Waals surface area contributed by atoms with Crippen LogP contribution < -0.4 is 0 Å². The van der Waals surface area contributed by atoms with Gasteiger partial charge in [-0.1, -0.05) is 0 Å². The Morgan fingerprint density at radius 2 is 2.17 bits per heavy atom. The molecule has 0 aliphatic heterocycles. The van der Waals surface area contributed by atoms with Crippen LogP contribution in [0.15, 0.2) is 28.9 Å². The number of aromatic hydroxyl groups is 1. The summed E-state index contributed by atoms with van der Waals surface area (Å²) < 4.78 is 5.12. The number of hydrogen-bond acceptors (Lipinski definition) is 3. The van der Waals surface area contributed by atoms with Crippen molar-refractivity contribution in [3.05, 3.63) is 30.0 Å². The zero-order valence-electron chi connectivity index (χ0n) is 6.32. The Morgan fingerprint density at radius 3 is 2.92 bits per heavy atom. The van der Waals surface area contributed by atoms with E-state index in [2.05, 4.69) is 0 Å². The molecule has 0 bridgehead atoms. The summed E-state index contributed by atoms with van der Waals surface area (Å²) in [5, 5.41) is 18.8. The average molecular weight is 164 g/mol. The number of hydrogen-bond donors (Lipinski definition) is 2. The van der Waals surface area contributed by atoms with Gasteiger partial charge in [-0.15, -0.1) is 0 Å². The van der Waals surface area contributed by atoms with Crippen LogP contribution in [0.5, 0.6) is 5.75 Å². The van der Waals surface area contributed by atoms with Crippen LogP contribution in [0, 0.1) is 0 Å². The van der Waals surface area contributed by atoms with Gasteiger partial charge in [0.15, 0.2) is 0 Å². The predicted octanol–water partition coefficient (Wildman–Crippen LogP) is 1.63. The lowest BCUT2D eigenvalue weighted by Crippen LogP contribution is -1.77. The van der Waals surface area contributed by atoms with E-state index in [1.807, 2.05) is 0 Å². The Labute approximate surface area is 68.9 Å². The monoisotopic (exact) mass is 164 g/mol. The molecule has 0 fully saturated rings. The smallest absolute Gasteiger partial charge is 0.134 e. The topological polar surface area (TPSA) is 53.6 Å². The second kappa shape index (κ2) is 2.53. The second-order valence-corrected chi connectivity index (χ2v) is 2.60. The van der Waals surface area contributed by atoms with Crippen LogP contribution in [0.2, 0.25) is 0 Å². The maximum atomic E-state index is 9.15. The van der Waals surface area contributed by atoms with E-state index in [0.717, 1.165) is 5.39 Å². The highest BCUT2D eigenvalue weighted by atomic mass is 16.3. The highest BCUT2D eigenvalue weighted by Crippen LogP contribution is 2.24. The summed E-state index contributed by atoms with van der Waals surface area (Å²) in [6, 6.07) is 4.79. The third-order valence-electron chi connectivity index (χ3n) is 1.81. The average Bonchev–Trinajstić information content (AvgIpc) is 2.46. The number of benzene rings is 1. The molecule has 0 aliphatic carbocycles. The highest BCUT2D eigenvalue weighted by molar-refractivity contribution is 5.82. The Morgan fingerprint density at radius 1 is 1.33 bits per heavy atom. The largest absolute Gasteiger partial charge is 0.508 e. The molecule has 1 aromatic carbocycles. The highest BCUT2D eigenvalue weighted by Gasteiger charge is 2.04.